The largest absolute Gasteiger partial charge is 0.457 e. The molecule has 0 spiro atoms. The monoisotopic (exact) mass is 470 g/mol. The Morgan fingerprint density at radius 3 is 1.77 bits per heavy atom. The summed E-state index contributed by atoms with van der Waals surface area (Å²) >= 11 is 0. The number of guanidine groups is 1. The highest BCUT2D eigenvalue weighted by Gasteiger charge is 2.15. The van der Waals surface area contributed by atoms with Gasteiger partial charge >= 0.3 is 0 Å². The van der Waals surface area contributed by atoms with Crippen molar-refractivity contribution >= 4 is 17.6 Å². The minimum atomic E-state index is -0.514. The summed E-state index contributed by atoms with van der Waals surface area (Å²) in [5, 5.41) is 0. The lowest BCUT2D eigenvalue weighted by atomic mass is 10.1. The van der Waals surface area contributed by atoms with E-state index in [1.807, 2.05) is 24.3 Å². The van der Waals surface area contributed by atoms with Crippen molar-refractivity contribution in [3.63, 3.8) is 0 Å². The molecule has 4 rings (SSSR count). The number of rotatable bonds is 7. The maximum Gasteiger partial charge on any atom is 0.268 e. The zero-order valence-electron chi connectivity index (χ0n) is 18.9. The van der Waals surface area contributed by atoms with Crippen LogP contribution in [-0.4, -0.2) is 22.2 Å². The second kappa shape index (κ2) is 10.0. The molecule has 176 valence electrons. The topological polar surface area (TPSA) is 113 Å². The molecule has 35 heavy (non-hydrogen) atoms. The van der Waals surface area contributed by atoms with Crippen LogP contribution in [0.3, 0.4) is 0 Å². The molecule has 0 unspecified atom stereocenters. The Labute approximate surface area is 201 Å². The van der Waals surface area contributed by atoms with Gasteiger partial charge in [-0.05, 0) is 103 Å². The number of ether oxygens (including phenoxy) is 1. The normalized spacial score (nSPS) is 10.6. The Bertz CT molecular complexity index is 1390. The van der Waals surface area contributed by atoms with Gasteiger partial charge in [0.15, 0.2) is 11.7 Å². The van der Waals surface area contributed by atoms with Crippen LogP contribution in [0.15, 0.2) is 89.9 Å². The van der Waals surface area contributed by atoms with Crippen molar-refractivity contribution in [1.82, 2.24) is 4.57 Å². The first kappa shape index (κ1) is 23.4. The molecule has 4 aromatic rings. The molecular formula is C27H23FN4O3. The summed E-state index contributed by atoms with van der Waals surface area (Å²) in [5.74, 6) is 0.0207. The summed E-state index contributed by atoms with van der Waals surface area (Å²) < 4.78 is 21.1. The average molecular weight is 471 g/mol. The summed E-state index contributed by atoms with van der Waals surface area (Å²) in [5.41, 5.74) is 14.4. The van der Waals surface area contributed by atoms with E-state index >= 15 is 0 Å². The number of hydrogen-bond donors (Lipinski definition) is 2. The SMILES string of the molecule is CC(=O)c1ccc(Oc2ccc(-c3ccc(-c4ccc(F)cc4)n3CC(=O)N=C(N)N)cc2)cc1. The lowest BCUT2D eigenvalue weighted by molar-refractivity contribution is -0.118. The lowest BCUT2D eigenvalue weighted by Crippen LogP contribution is -2.25. The number of nitrogens with two attached hydrogens (primary N) is 2. The van der Waals surface area contributed by atoms with E-state index in [2.05, 4.69) is 4.99 Å². The van der Waals surface area contributed by atoms with E-state index in [1.165, 1.54) is 19.1 Å². The quantitative estimate of drug-likeness (QED) is 0.230. The van der Waals surface area contributed by atoms with E-state index in [4.69, 9.17) is 16.2 Å². The zero-order valence-corrected chi connectivity index (χ0v) is 18.9. The molecule has 8 heteroatoms. The van der Waals surface area contributed by atoms with Crippen LogP contribution < -0.4 is 16.2 Å². The van der Waals surface area contributed by atoms with Crippen LogP contribution in [-0.2, 0) is 11.3 Å². The number of aromatic nitrogens is 1. The molecule has 3 aromatic carbocycles. The molecule has 0 aliphatic rings. The smallest absolute Gasteiger partial charge is 0.268 e. The van der Waals surface area contributed by atoms with E-state index in [0.717, 1.165) is 16.8 Å². The number of benzene rings is 3. The highest BCUT2D eigenvalue weighted by Crippen LogP contribution is 2.31. The molecule has 0 aliphatic carbocycles. The Morgan fingerprint density at radius 2 is 1.29 bits per heavy atom. The fraction of sp³-hybridized carbons (Fsp3) is 0.0741. The number of carbonyl (C=O) groups is 2. The summed E-state index contributed by atoms with van der Waals surface area (Å²) in [6.07, 6.45) is 0. The second-order valence-electron chi connectivity index (χ2n) is 7.83. The van der Waals surface area contributed by atoms with Gasteiger partial charge in [0.1, 0.15) is 23.9 Å². The summed E-state index contributed by atoms with van der Waals surface area (Å²) in [6.45, 7) is 1.41. The van der Waals surface area contributed by atoms with Crippen LogP contribution in [0.4, 0.5) is 4.39 Å². The van der Waals surface area contributed by atoms with Crippen molar-refractivity contribution < 1.29 is 18.7 Å². The Morgan fingerprint density at radius 1 is 0.800 bits per heavy atom. The van der Waals surface area contributed by atoms with Crippen LogP contribution in [0.25, 0.3) is 22.5 Å². The first-order chi connectivity index (χ1) is 16.8. The highest BCUT2D eigenvalue weighted by molar-refractivity contribution is 5.94. The third-order valence-corrected chi connectivity index (χ3v) is 5.31. The molecule has 1 aromatic heterocycles. The van der Waals surface area contributed by atoms with Gasteiger partial charge in [0.2, 0.25) is 0 Å². The number of amides is 1. The molecule has 0 fully saturated rings. The van der Waals surface area contributed by atoms with Crippen molar-refractivity contribution in [3.05, 3.63) is 96.3 Å². The molecule has 1 amide bonds. The van der Waals surface area contributed by atoms with Crippen molar-refractivity contribution in [2.45, 2.75) is 13.5 Å². The minimum Gasteiger partial charge on any atom is -0.457 e. The number of ketones is 1. The molecule has 0 bridgehead atoms. The molecule has 1 heterocycles. The van der Waals surface area contributed by atoms with E-state index in [0.29, 0.717) is 22.8 Å². The van der Waals surface area contributed by atoms with Gasteiger partial charge in [-0.25, -0.2) is 4.39 Å². The lowest BCUT2D eigenvalue weighted by Gasteiger charge is -2.13. The first-order valence-corrected chi connectivity index (χ1v) is 10.8. The molecule has 7 nitrogen and oxygen atoms in total. The average Bonchev–Trinajstić information content (AvgIpc) is 3.23. The fourth-order valence-corrected chi connectivity index (χ4v) is 3.66. The van der Waals surface area contributed by atoms with Gasteiger partial charge in [0.05, 0.1) is 0 Å². The predicted molar refractivity (Wildman–Crippen MR) is 133 cm³/mol. The molecule has 0 atom stereocenters. The van der Waals surface area contributed by atoms with Gasteiger partial charge in [-0.15, -0.1) is 0 Å². The summed E-state index contributed by atoms with van der Waals surface area (Å²) in [7, 11) is 0. The third-order valence-electron chi connectivity index (χ3n) is 5.31. The van der Waals surface area contributed by atoms with Gasteiger partial charge in [-0.3, -0.25) is 9.59 Å². The number of hydrogen-bond acceptors (Lipinski definition) is 3. The number of nitrogens with zero attached hydrogens (tertiary/aromatic N) is 2. The van der Waals surface area contributed by atoms with E-state index in [1.54, 1.807) is 53.1 Å². The van der Waals surface area contributed by atoms with Crippen LogP contribution >= 0.6 is 0 Å². The molecule has 0 radical (unpaired) electrons. The van der Waals surface area contributed by atoms with E-state index in [-0.39, 0.29) is 24.1 Å². The highest BCUT2D eigenvalue weighted by atomic mass is 19.1. The van der Waals surface area contributed by atoms with Crippen LogP contribution in [0, 0.1) is 5.82 Å². The van der Waals surface area contributed by atoms with Crippen LogP contribution in [0.1, 0.15) is 17.3 Å². The number of halogens is 1. The fourth-order valence-electron chi connectivity index (χ4n) is 3.66. The second-order valence-corrected chi connectivity index (χ2v) is 7.83. The Balaban J connectivity index is 1.64. The number of Topliss-reactive ketones (excluding diaryl/α,β-unsaturated/α-hetero) is 1. The van der Waals surface area contributed by atoms with Gasteiger partial charge in [-0.2, -0.15) is 4.99 Å². The van der Waals surface area contributed by atoms with Crippen molar-refractivity contribution in [3.8, 4) is 34.0 Å². The van der Waals surface area contributed by atoms with Gasteiger partial charge in [0.25, 0.3) is 5.91 Å². The molecular weight excluding hydrogens is 447 g/mol. The molecule has 4 N–H and O–H groups in total. The summed E-state index contributed by atoms with van der Waals surface area (Å²) in [4.78, 5) is 27.5. The standard InChI is InChI=1S/C27H23FN4O3/c1-17(33)18-4-10-22(11-5-18)35-23-12-6-20(7-13-23)25-15-14-24(19-2-8-21(28)9-3-19)32(25)16-26(34)31-27(29)30/h2-15H,16H2,1H3,(H4,29,30,31,34). The van der Waals surface area contributed by atoms with Gasteiger partial charge < -0.3 is 20.8 Å². The van der Waals surface area contributed by atoms with E-state index in [9.17, 15) is 14.0 Å². The predicted octanol–water partition coefficient (Wildman–Crippen LogP) is 4.76. The Kier molecular flexibility index (Phi) is 6.73. The minimum absolute atomic E-state index is 0.0118. The number of aliphatic imine (C=N–C) groups is 1. The zero-order chi connectivity index (χ0) is 24.9. The van der Waals surface area contributed by atoms with Gasteiger partial charge in [-0.1, -0.05) is 0 Å². The van der Waals surface area contributed by atoms with Crippen LogP contribution in [0.5, 0.6) is 11.5 Å². The first-order valence-electron chi connectivity index (χ1n) is 10.8. The van der Waals surface area contributed by atoms with Crippen molar-refractivity contribution in [2.24, 2.45) is 16.5 Å². The Hall–Kier alpha value is -4.72. The third kappa shape index (κ3) is 5.62. The van der Waals surface area contributed by atoms with Crippen LogP contribution in [0.2, 0.25) is 0 Å². The molecule has 0 saturated carbocycles. The molecule has 0 saturated heterocycles. The maximum atomic E-state index is 13.4. The summed E-state index contributed by atoms with van der Waals surface area (Å²) in [6, 6.07) is 24.0. The maximum absolute atomic E-state index is 13.4. The van der Waals surface area contributed by atoms with E-state index < -0.39 is 5.91 Å². The van der Waals surface area contributed by atoms with Crippen molar-refractivity contribution in [2.75, 3.05) is 0 Å². The number of carbonyl (C=O) groups excluding carboxylic acids is 2. The molecule has 0 aliphatic heterocycles. The van der Waals surface area contributed by atoms with Crippen molar-refractivity contribution in [1.29, 1.82) is 0 Å². The van der Waals surface area contributed by atoms with Gasteiger partial charge in [0, 0.05) is 17.0 Å².